The third-order valence-corrected chi connectivity index (χ3v) is 7.71. The Morgan fingerprint density at radius 3 is 2.52 bits per heavy atom. The second-order valence-corrected chi connectivity index (χ2v) is 9.52. The lowest BCUT2D eigenvalue weighted by atomic mass is 9.63. The summed E-state index contributed by atoms with van der Waals surface area (Å²) in [6.07, 6.45) is 7.99. The van der Waals surface area contributed by atoms with E-state index in [1.54, 1.807) is 24.3 Å². The second-order valence-electron chi connectivity index (χ2n) is 7.41. The van der Waals surface area contributed by atoms with Gasteiger partial charge in [-0.2, -0.15) is 0 Å². The topological polar surface area (TPSA) is 52.6 Å². The summed E-state index contributed by atoms with van der Waals surface area (Å²) in [5, 5.41) is 0. The maximum atomic E-state index is 12.7. The molecular formula is C20H30O4S. The summed E-state index contributed by atoms with van der Waals surface area (Å²) in [6, 6.07) is 8.74. The Morgan fingerprint density at radius 2 is 1.96 bits per heavy atom. The number of hydrogen-bond donors (Lipinski definition) is 0. The maximum absolute atomic E-state index is 12.7. The van der Waals surface area contributed by atoms with Crippen molar-refractivity contribution in [1.29, 1.82) is 0 Å². The van der Waals surface area contributed by atoms with Crippen molar-refractivity contribution in [3.05, 3.63) is 30.3 Å². The monoisotopic (exact) mass is 366 g/mol. The number of hydrogen-bond acceptors (Lipinski definition) is 4. The van der Waals surface area contributed by atoms with E-state index in [0.29, 0.717) is 11.3 Å². The molecule has 1 saturated heterocycles. The third kappa shape index (κ3) is 4.44. The first-order chi connectivity index (χ1) is 12.1. The van der Waals surface area contributed by atoms with Gasteiger partial charge in [-0.1, -0.05) is 31.5 Å². The lowest BCUT2D eigenvalue weighted by Gasteiger charge is -2.48. The fourth-order valence-electron chi connectivity index (χ4n) is 4.06. The first-order valence-corrected chi connectivity index (χ1v) is 11.3. The lowest BCUT2D eigenvalue weighted by Crippen LogP contribution is -2.45. The predicted octanol–water partition coefficient (Wildman–Crippen LogP) is 4.34. The zero-order valence-corrected chi connectivity index (χ0v) is 16.0. The van der Waals surface area contributed by atoms with Gasteiger partial charge in [-0.25, -0.2) is 8.42 Å². The highest BCUT2D eigenvalue weighted by Crippen LogP contribution is 2.49. The van der Waals surface area contributed by atoms with Crippen molar-refractivity contribution in [2.24, 2.45) is 5.41 Å². The van der Waals surface area contributed by atoms with E-state index in [-0.39, 0.29) is 23.6 Å². The normalized spacial score (nSPS) is 24.4. The van der Waals surface area contributed by atoms with E-state index in [1.165, 1.54) is 6.42 Å². The van der Waals surface area contributed by atoms with Gasteiger partial charge in [0, 0.05) is 6.61 Å². The molecule has 3 rings (SSSR count). The van der Waals surface area contributed by atoms with E-state index in [0.717, 1.165) is 45.1 Å². The molecule has 2 aliphatic rings. The minimum Gasteiger partial charge on any atom is -0.353 e. The molecule has 1 unspecified atom stereocenters. The van der Waals surface area contributed by atoms with Crippen molar-refractivity contribution in [2.75, 3.05) is 12.4 Å². The van der Waals surface area contributed by atoms with Crippen LogP contribution in [0.2, 0.25) is 0 Å². The van der Waals surface area contributed by atoms with Crippen molar-refractivity contribution < 1.29 is 17.9 Å². The molecule has 0 N–H and O–H groups in total. The molecule has 0 aromatic heterocycles. The molecule has 0 amide bonds. The number of ether oxygens (including phenoxy) is 2. The summed E-state index contributed by atoms with van der Waals surface area (Å²) >= 11 is 0. The van der Waals surface area contributed by atoms with Gasteiger partial charge in [0.25, 0.3) is 0 Å². The molecule has 1 aromatic rings. The summed E-state index contributed by atoms with van der Waals surface area (Å²) in [6.45, 7) is 2.95. The summed E-state index contributed by atoms with van der Waals surface area (Å²) in [4.78, 5) is 0.404. The van der Waals surface area contributed by atoms with Crippen LogP contribution in [0.1, 0.15) is 58.3 Å². The molecule has 1 aromatic carbocycles. The van der Waals surface area contributed by atoms with Crippen LogP contribution in [0.3, 0.4) is 0 Å². The van der Waals surface area contributed by atoms with Crippen molar-refractivity contribution in [3.8, 4) is 0 Å². The van der Waals surface area contributed by atoms with Gasteiger partial charge in [0.1, 0.15) is 0 Å². The molecule has 1 heterocycles. The summed E-state index contributed by atoms with van der Waals surface area (Å²) in [7, 11) is -3.27. The van der Waals surface area contributed by atoms with Gasteiger partial charge in [-0.05, 0) is 62.5 Å². The van der Waals surface area contributed by atoms with Crippen LogP contribution in [0.4, 0.5) is 0 Å². The van der Waals surface area contributed by atoms with Crippen molar-refractivity contribution >= 4 is 9.84 Å². The van der Waals surface area contributed by atoms with E-state index in [2.05, 4.69) is 6.92 Å². The molecule has 140 valence electrons. The molecule has 4 nitrogen and oxygen atoms in total. The Hall–Kier alpha value is -0.910. The molecule has 2 atom stereocenters. The van der Waals surface area contributed by atoms with Gasteiger partial charge < -0.3 is 9.47 Å². The maximum Gasteiger partial charge on any atom is 0.178 e. The van der Waals surface area contributed by atoms with Crippen LogP contribution >= 0.6 is 0 Å². The highest BCUT2D eigenvalue weighted by molar-refractivity contribution is 7.91. The van der Waals surface area contributed by atoms with Crippen molar-refractivity contribution in [2.45, 2.75) is 75.6 Å². The zero-order chi connectivity index (χ0) is 17.8. The Labute approximate surface area is 151 Å². The molecule has 2 fully saturated rings. The van der Waals surface area contributed by atoms with Crippen LogP contribution in [0.5, 0.6) is 0 Å². The summed E-state index contributed by atoms with van der Waals surface area (Å²) in [5.74, 6) is 0.135. The minimum atomic E-state index is -3.27. The molecule has 0 spiro atoms. The molecule has 25 heavy (non-hydrogen) atoms. The standard InChI is InChI=1S/C20H30O4S/c1-2-20(13-8-14-20)18(24-19-11-6-7-15-23-19)12-16-25(21,22)17-9-4-3-5-10-17/h3-5,9-10,18-19H,2,6-8,11-16H2,1H3/t18-,19?/m0/s1. The molecule has 0 bridgehead atoms. The van der Waals surface area contributed by atoms with E-state index >= 15 is 0 Å². The average molecular weight is 367 g/mol. The summed E-state index contributed by atoms with van der Waals surface area (Å²) < 4.78 is 37.4. The minimum absolute atomic E-state index is 0.0344. The van der Waals surface area contributed by atoms with E-state index in [1.807, 2.05) is 6.07 Å². The lowest BCUT2D eigenvalue weighted by molar-refractivity contribution is -0.224. The average Bonchev–Trinajstić information content (AvgIpc) is 2.61. The van der Waals surface area contributed by atoms with E-state index in [4.69, 9.17) is 9.47 Å². The molecule has 1 saturated carbocycles. The number of benzene rings is 1. The Morgan fingerprint density at radius 1 is 1.20 bits per heavy atom. The molecule has 1 aliphatic carbocycles. The largest absolute Gasteiger partial charge is 0.353 e. The van der Waals surface area contributed by atoms with Gasteiger partial charge in [-0.15, -0.1) is 0 Å². The fourth-order valence-corrected chi connectivity index (χ4v) is 5.39. The predicted molar refractivity (Wildman–Crippen MR) is 98.2 cm³/mol. The van der Waals surface area contributed by atoms with Crippen LogP contribution in [-0.2, 0) is 19.3 Å². The van der Waals surface area contributed by atoms with Crippen LogP contribution in [0.15, 0.2) is 35.2 Å². The van der Waals surface area contributed by atoms with Crippen LogP contribution in [-0.4, -0.2) is 33.2 Å². The second kappa shape index (κ2) is 8.19. The third-order valence-electron chi connectivity index (χ3n) is 5.94. The van der Waals surface area contributed by atoms with Gasteiger partial charge in [0.2, 0.25) is 0 Å². The van der Waals surface area contributed by atoms with Crippen LogP contribution in [0.25, 0.3) is 0 Å². The van der Waals surface area contributed by atoms with Gasteiger partial charge in [0.05, 0.1) is 16.8 Å². The van der Waals surface area contributed by atoms with Gasteiger partial charge >= 0.3 is 0 Å². The fraction of sp³-hybridized carbons (Fsp3) is 0.700. The highest BCUT2D eigenvalue weighted by Gasteiger charge is 2.44. The molecule has 1 aliphatic heterocycles. The SMILES string of the molecule is CCC1([C@H](CCS(=O)(=O)c2ccccc2)OC2CCCCO2)CCC1. The highest BCUT2D eigenvalue weighted by atomic mass is 32.2. The first-order valence-electron chi connectivity index (χ1n) is 9.61. The Balaban J connectivity index is 1.69. The van der Waals surface area contributed by atoms with Crippen LogP contribution in [0, 0.1) is 5.41 Å². The van der Waals surface area contributed by atoms with Gasteiger partial charge in [0.15, 0.2) is 16.1 Å². The van der Waals surface area contributed by atoms with Crippen molar-refractivity contribution in [1.82, 2.24) is 0 Å². The zero-order valence-electron chi connectivity index (χ0n) is 15.2. The Kier molecular flexibility index (Phi) is 6.18. The van der Waals surface area contributed by atoms with E-state index in [9.17, 15) is 8.42 Å². The quantitative estimate of drug-likeness (QED) is 0.687. The first kappa shape index (κ1) is 18.9. The molecule has 0 radical (unpaired) electrons. The number of sulfone groups is 1. The molecule has 5 heteroatoms. The molecular weight excluding hydrogens is 336 g/mol. The van der Waals surface area contributed by atoms with Gasteiger partial charge in [-0.3, -0.25) is 0 Å². The van der Waals surface area contributed by atoms with Crippen LogP contribution < -0.4 is 0 Å². The Bertz CT molecular complexity index is 625. The smallest absolute Gasteiger partial charge is 0.178 e. The van der Waals surface area contributed by atoms with E-state index < -0.39 is 9.84 Å². The summed E-state index contributed by atoms with van der Waals surface area (Å²) in [5.41, 5.74) is 0.132. The van der Waals surface area contributed by atoms with Crippen molar-refractivity contribution in [3.63, 3.8) is 0 Å². The number of rotatable bonds is 8.